The first-order chi connectivity index (χ1) is 9.47. The summed E-state index contributed by atoms with van der Waals surface area (Å²) in [6.45, 7) is 5.89. The molecule has 0 bridgehead atoms. The van der Waals surface area contributed by atoms with E-state index in [1.807, 2.05) is 45.0 Å². The Bertz CT molecular complexity index is 650. The molecule has 2 rings (SSSR count). The first kappa shape index (κ1) is 15.1. The van der Waals surface area contributed by atoms with Gasteiger partial charge >= 0.3 is 0 Å². The number of hydrogen-bond acceptors (Lipinski definition) is 3. The number of hydrogen-bond donors (Lipinski definition) is 1. The van der Waals surface area contributed by atoms with Gasteiger partial charge in [-0.1, -0.05) is 25.4 Å². The van der Waals surface area contributed by atoms with Gasteiger partial charge < -0.3 is 4.98 Å². The van der Waals surface area contributed by atoms with Crippen molar-refractivity contribution in [2.75, 3.05) is 0 Å². The van der Waals surface area contributed by atoms with Crippen LogP contribution in [0.3, 0.4) is 0 Å². The first-order valence-corrected chi connectivity index (χ1v) is 7.81. The van der Waals surface area contributed by atoms with Crippen molar-refractivity contribution in [2.24, 2.45) is 0 Å². The average Bonchev–Trinajstić information content (AvgIpc) is 2.37. The maximum absolute atomic E-state index is 12.0. The van der Waals surface area contributed by atoms with Crippen molar-refractivity contribution in [3.05, 3.63) is 56.7 Å². The lowest BCUT2D eigenvalue weighted by molar-refractivity contribution is 0.799. The topological polar surface area (TPSA) is 45.8 Å². The maximum atomic E-state index is 12.0. The molecule has 0 aliphatic rings. The van der Waals surface area contributed by atoms with Gasteiger partial charge in [0.2, 0.25) is 0 Å². The van der Waals surface area contributed by atoms with E-state index in [4.69, 9.17) is 11.6 Å². The monoisotopic (exact) mass is 308 g/mol. The summed E-state index contributed by atoms with van der Waals surface area (Å²) < 4.78 is 0. The number of nitrogens with one attached hydrogen (secondary N) is 1. The molecule has 0 aliphatic heterocycles. The molecule has 0 fully saturated rings. The number of halogens is 1. The molecule has 0 amide bonds. The molecule has 1 aromatic carbocycles. The van der Waals surface area contributed by atoms with E-state index < -0.39 is 0 Å². The van der Waals surface area contributed by atoms with Crippen LogP contribution < -0.4 is 5.56 Å². The summed E-state index contributed by atoms with van der Waals surface area (Å²) in [5.41, 5.74) is 1.56. The van der Waals surface area contributed by atoms with Gasteiger partial charge in [-0.25, -0.2) is 4.98 Å². The molecule has 0 saturated heterocycles. The van der Waals surface area contributed by atoms with Gasteiger partial charge in [-0.15, -0.1) is 11.8 Å². The summed E-state index contributed by atoms with van der Waals surface area (Å²) in [4.78, 5) is 20.5. The predicted molar refractivity (Wildman–Crippen MR) is 84.7 cm³/mol. The Kier molecular flexibility index (Phi) is 4.89. The predicted octanol–water partition coefficient (Wildman–Crippen LogP) is 4.15. The quantitative estimate of drug-likeness (QED) is 0.863. The Morgan fingerprint density at radius 3 is 2.50 bits per heavy atom. The fourth-order valence-corrected chi connectivity index (χ4v) is 2.98. The molecule has 0 spiro atoms. The fourth-order valence-electron chi connectivity index (χ4n) is 2.08. The molecule has 20 heavy (non-hydrogen) atoms. The highest BCUT2D eigenvalue weighted by atomic mass is 35.5. The van der Waals surface area contributed by atoms with Crippen LogP contribution in [0.1, 0.15) is 36.8 Å². The van der Waals surface area contributed by atoms with Crippen LogP contribution in [0.5, 0.6) is 0 Å². The van der Waals surface area contributed by atoms with Gasteiger partial charge in [0.15, 0.2) is 0 Å². The van der Waals surface area contributed by atoms with E-state index >= 15 is 0 Å². The minimum atomic E-state index is -0.0285. The van der Waals surface area contributed by atoms with Crippen molar-refractivity contribution >= 4 is 23.4 Å². The lowest BCUT2D eigenvalue weighted by Gasteiger charge is -2.09. The van der Waals surface area contributed by atoms with Crippen LogP contribution in [0.15, 0.2) is 34.0 Å². The van der Waals surface area contributed by atoms with E-state index in [2.05, 4.69) is 9.97 Å². The molecule has 1 N–H and O–H groups in total. The standard InChI is InChI=1S/C15H17ClN2OS/c1-9(2)14-10(3)17-13(18-15(14)19)8-20-12-6-4-11(16)5-7-12/h4-7,9H,8H2,1-3H3,(H,17,18,19). The number of aryl methyl sites for hydroxylation is 1. The van der Waals surface area contributed by atoms with Crippen molar-refractivity contribution in [3.8, 4) is 0 Å². The van der Waals surface area contributed by atoms with Crippen molar-refractivity contribution in [3.63, 3.8) is 0 Å². The van der Waals surface area contributed by atoms with Crippen molar-refractivity contribution in [1.29, 1.82) is 0 Å². The third kappa shape index (κ3) is 3.64. The van der Waals surface area contributed by atoms with Gasteiger partial charge in [0, 0.05) is 21.2 Å². The second kappa shape index (κ2) is 6.46. The van der Waals surface area contributed by atoms with Crippen LogP contribution in [-0.2, 0) is 5.75 Å². The van der Waals surface area contributed by atoms with Gasteiger partial charge in [-0.05, 0) is 37.1 Å². The smallest absolute Gasteiger partial charge is 0.254 e. The Hall–Kier alpha value is -1.26. The number of aromatic nitrogens is 2. The zero-order valence-corrected chi connectivity index (χ0v) is 13.3. The lowest BCUT2D eigenvalue weighted by atomic mass is 10.0. The van der Waals surface area contributed by atoms with Gasteiger partial charge in [0.05, 0.1) is 5.75 Å². The zero-order valence-electron chi connectivity index (χ0n) is 11.7. The minimum absolute atomic E-state index is 0.0285. The Morgan fingerprint density at radius 1 is 1.30 bits per heavy atom. The molecule has 0 radical (unpaired) electrons. The van der Waals surface area contributed by atoms with E-state index in [0.717, 1.165) is 21.2 Å². The molecule has 5 heteroatoms. The van der Waals surface area contributed by atoms with Gasteiger partial charge in [0.1, 0.15) is 5.82 Å². The molecule has 3 nitrogen and oxygen atoms in total. The molecule has 0 saturated carbocycles. The average molecular weight is 309 g/mol. The van der Waals surface area contributed by atoms with Crippen molar-refractivity contribution in [2.45, 2.75) is 37.3 Å². The third-order valence-corrected chi connectivity index (χ3v) is 4.24. The SMILES string of the molecule is Cc1nc(CSc2ccc(Cl)cc2)[nH]c(=O)c1C(C)C. The van der Waals surface area contributed by atoms with Crippen LogP contribution in [0.4, 0.5) is 0 Å². The van der Waals surface area contributed by atoms with E-state index in [-0.39, 0.29) is 11.5 Å². The lowest BCUT2D eigenvalue weighted by Crippen LogP contribution is -2.19. The number of thioether (sulfide) groups is 1. The van der Waals surface area contributed by atoms with Gasteiger partial charge in [-0.2, -0.15) is 0 Å². The number of aromatic amines is 1. The second-order valence-corrected chi connectivity index (χ2v) is 6.39. The van der Waals surface area contributed by atoms with Crippen LogP contribution in [-0.4, -0.2) is 9.97 Å². The molecule has 106 valence electrons. The number of rotatable bonds is 4. The van der Waals surface area contributed by atoms with Crippen LogP contribution in [0.25, 0.3) is 0 Å². The normalized spacial score (nSPS) is 11.1. The maximum Gasteiger partial charge on any atom is 0.254 e. The Morgan fingerprint density at radius 2 is 1.95 bits per heavy atom. The van der Waals surface area contributed by atoms with Crippen LogP contribution >= 0.6 is 23.4 Å². The summed E-state index contributed by atoms with van der Waals surface area (Å²) in [6, 6.07) is 7.63. The largest absolute Gasteiger partial charge is 0.310 e. The van der Waals surface area contributed by atoms with Crippen molar-refractivity contribution in [1.82, 2.24) is 9.97 Å². The number of H-pyrrole nitrogens is 1. The zero-order chi connectivity index (χ0) is 14.7. The minimum Gasteiger partial charge on any atom is -0.310 e. The molecule has 0 unspecified atom stereocenters. The number of benzene rings is 1. The molecule has 0 atom stereocenters. The molecule has 2 aromatic rings. The summed E-state index contributed by atoms with van der Waals surface area (Å²) >= 11 is 7.47. The fraction of sp³-hybridized carbons (Fsp3) is 0.333. The van der Waals surface area contributed by atoms with E-state index in [0.29, 0.717) is 11.6 Å². The highest BCUT2D eigenvalue weighted by Crippen LogP contribution is 2.23. The molecular formula is C15H17ClN2OS. The van der Waals surface area contributed by atoms with E-state index in [1.165, 1.54) is 0 Å². The van der Waals surface area contributed by atoms with Crippen LogP contribution in [0.2, 0.25) is 5.02 Å². The molecule has 1 aromatic heterocycles. The van der Waals surface area contributed by atoms with Crippen LogP contribution in [0, 0.1) is 6.92 Å². The Labute approximate surface area is 127 Å². The highest BCUT2D eigenvalue weighted by Gasteiger charge is 2.11. The third-order valence-electron chi connectivity index (χ3n) is 2.96. The molecule has 1 heterocycles. The first-order valence-electron chi connectivity index (χ1n) is 6.45. The van der Waals surface area contributed by atoms with E-state index in [9.17, 15) is 4.79 Å². The van der Waals surface area contributed by atoms with Gasteiger partial charge in [-0.3, -0.25) is 4.79 Å². The van der Waals surface area contributed by atoms with Gasteiger partial charge in [0.25, 0.3) is 5.56 Å². The molecular weight excluding hydrogens is 292 g/mol. The number of nitrogens with zero attached hydrogens (tertiary/aromatic N) is 1. The second-order valence-electron chi connectivity index (χ2n) is 4.91. The molecule has 0 aliphatic carbocycles. The highest BCUT2D eigenvalue weighted by molar-refractivity contribution is 7.98. The summed E-state index contributed by atoms with van der Waals surface area (Å²) in [5.74, 6) is 1.52. The summed E-state index contributed by atoms with van der Waals surface area (Å²) in [5, 5.41) is 0.720. The summed E-state index contributed by atoms with van der Waals surface area (Å²) in [6.07, 6.45) is 0. The summed E-state index contributed by atoms with van der Waals surface area (Å²) in [7, 11) is 0. The van der Waals surface area contributed by atoms with Crippen molar-refractivity contribution < 1.29 is 0 Å². The Balaban J connectivity index is 2.15. The van der Waals surface area contributed by atoms with E-state index in [1.54, 1.807) is 11.8 Å².